The van der Waals surface area contributed by atoms with Crippen LogP contribution in [0.1, 0.15) is 26.3 Å². The molecule has 2 aromatic heterocycles. The summed E-state index contributed by atoms with van der Waals surface area (Å²) in [5.74, 6) is -1.11. The maximum atomic E-state index is 12.8. The fourth-order valence-corrected chi connectivity index (χ4v) is 4.00. The van der Waals surface area contributed by atoms with E-state index in [1.54, 1.807) is 45.0 Å². The average Bonchev–Trinajstić information content (AvgIpc) is 3.08. The number of nitrogens with two attached hydrogens (primary N) is 1. The molecular formula is C21H23N3O6S. The molecule has 0 aliphatic heterocycles. The predicted octanol–water partition coefficient (Wildman–Crippen LogP) is 2.73. The van der Waals surface area contributed by atoms with Crippen LogP contribution in [0.4, 0.5) is 4.79 Å². The molecule has 1 aromatic carbocycles. The van der Waals surface area contributed by atoms with Crippen LogP contribution in [-0.4, -0.2) is 47.0 Å². The van der Waals surface area contributed by atoms with Crippen LogP contribution in [0.25, 0.3) is 22.0 Å². The van der Waals surface area contributed by atoms with Gasteiger partial charge in [-0.05, 0) is 44.5 Å². The lowest BCUT2D eigenvalue weighted by atomic mass is 10.0. The number of carboxylic acid groups (broad SMARTS) is 1. The molecule has 0 radical (unpaired) electrons. The molecule has 1 atom stereocenters. The lowest BCUT2D eigenvalue weighted by molar-refractivity contribution is -0.158. The van der Waals surface area contributed by atoms with Crippen molar-refractivity contribution in [2.75, 3.05) is 6.26 Å². The van der Waals surface area contributed by atoms with Crippen LogP contribution in [0, 0.1) is 0 Å². The van der Waals surface area contributed by atoms with Gasteiger partial charge in [-0.2, -0.15) is 0 Å². The summed E-state index contributed by atoms with van der Waals surface area (Å²) >= 11 is 0. The quantitative estimate of drug-likeness (QED) is 0.584. The first-order chi connectivity index (χ1) is 14.2. The number of carbonyl (C=O) groups is 2. The van der Waals surface area contributed by atoms with Gasteiger partial charge in [0.15, 0.2) is 9.84 Å². The summed E-state index contributed by atoms with van der Waals surface area (Å²) in [6, 6.07) is 8.21. The van der Waals surface area contributed by atoms with Gasteiger partial charge in [0.25, 0.3) is 0 Å². The lowest BCUT2D eigenvalue weighted by Gasteiger charge is -2.30. The van der Waals surface area contributed by atoms with Gasteiger partial charge in [-0.1, -0.05) is 12.1 Å². The Balaban J connectivity index is 2.15. The first-order valence-electron chi connectivity index (χ1n) is 9.26. The SMILES string of the molecule is CC(C)(C)OC(=O)C(N)(c1cncc(-c2ccc3ccn(C(=O)O)c3c2)c1)S(C)(=O)=O. The molecule has 9 nitrogen and oxygen atoms in total. The summed E-state index contributed by atoms with van der Waals surface area (Å²) in [6.07, 6.45) is 3.82. The Morgan fingerprint density at radius 1 is 1.10 bits per heavy atom. The molecule has 0 saturated carbocycles. The van der Waals surface area contributed by atoms with Crippen LogP contribution in [0.5, 0.6) is 0 Å². The number of pyridine rings is 1. The topological polar surface area (TPSA) is 142 Å². The molecule has 3 aromatic rings. The van der Waals surface area contributed by atoms with Crippen LogP contribution in [0.15, 0.2) is 48.9 Å². The van der Waals surface area contributed by atoms with Crippen LogP contribution in [-0.2, 0) is 24.2 Å². The van der Waals surface area contributed by atoms with Crippen LogP contribution < -0.4 is 5.73 Å². The summed E-state index contributed by atoms with van der Waals surface area (Å²) in [5.41, 5.74) is 6.61. The van der Waals surface area contributed by atoms with Crippen molar-refractivity contribution in [3.63, 3.8) is 0 Å². The third-order valence-electron chi connectivity index (χ3n) is 4.69. The zero-order valence-electron chi connectivity index (χ0n) is 17.5. The highest BCUT2D eigenvalue weighted by Gasteiger charge is 2.49. The van der Waals surface area contributed by atoms with Gasteiger partial charge in [0.05, 0.1) is 5.52 Å². The van der Waals surface area contributed by atoms with Gasteiger partial charge in [-0.25, -0.2) is 18.0 Å². The molecule has 0 bridgehead atoms. The molecule has 164 valence electrons. The molecule has 0 aliphatic rings. The molecule has 0 spiro atoms. The molecular weight excluding hydrogens is 422 g/mol. The number of sulfone groups is 1. The van der Waals surface area contributed by atoms with E-state index >= 15 is 0 Å². The first-order valence-corrected chi connectivity index (χ1v) is 11.2. The van der Waals surface area contributed by atoms with Gasteiger partial charge in [0.1, 0.15) is 5.60 Å². The summed E-state index contributed by atoms with van der Waals surface area (Å²) in [6.45, 7) is 4.82. The van der Waals surface area contributed by atoms with Gasteiger partial charge < -0.3 is 9.84 Å². The highest BCUT2D eigenvalue weighted by Crippen LogP contribution is 2.32. The minimum atomic E-state index is -4.15. The number of esters is 1. The van der Waals surface area contributed by atoms with E-state index in [4.69, 9.17) is 10.5 Å². The highest BCUT2D eigenvalue weighted by molar-refractivity contribution is 7.92. The maximum Gasteiger partial charge on any atom is 0.415 e. The van der Waals surface area contributed by atoms with Crippen LogP contribution in [0.3, 0.4) is 0 Å². The fourth-order valence-electron chi connectivity index (χ4n) is 3.11. The van der Waals surface area contributed by atoms with Crippen molar-refractivity contribution < 1.29 is 27.9 Å². The molecule has 1 unspecified atom stereocenters. The minimum Gasteiger partial charge on any atom is -0.464 e. The Kier molecular flexibility index (Phi) is 5.41. The number of aromatic nitrogens is 2. The van der Waals surface area contributed by atoms with Gasteiger partial charge in [-0.15, -0.1) is 0 Å². The second-order valence-electron chi connectivity index (χ2n) is 8.21. The average molecular weight is 445 g/mol. The van der Waals surface area contributed by atoms with Crippen molar-refractivity contribution in [3.8, 4) is 11.1 Å². The number of nitrogens with zero attached hydrogens (tertiary/aromatic N) is 2. The number of hydrogen-bond acceptors (Lipinski definition) is 7. The Morgan fingerprint density at radius 2 is 1.77 bits per heavy atom. The first kappa shape index (κ1) is 22.4. The monoisotopic (exact) mass is 445 g/mol. The van der Waals surface area contributed by atoms with Crippen LogP contribution in [0.2, 0.25) is 0 Å². The zero-order chi connectivity index (χ0) is 23.2. The number of ether oxygens (including phenoxy) is 1. The second-order valence-corrected chi connectivity index (χ2v) is 10.4. The van der Waals surface area contributed by atoms with E-state index in [9.17, 15) is 23.1 Å². The van der Waals surface area contributed by atoms with E-state index in [-0.39, 0.29) is 5.56 Å². The molecule has 3 N–H and O–H groups in total. The summed E-state index contributed by atoms with van der Waals surface area (Å²) < 4.78 is 31.5. The number of fused-ring (bicyclic) bond motifs is 1. The summed E-state index contributed by atoms with van der Waals surface area (Å²) in [7, 11) is -4.15. The number of hydrogen-bond donors (Lipinski definition) is 2. The number of rotatable bonds is 4. The fraction of sp³-hybridized carbons (Fsp3) is 0.286. The number of carbonyl (C=O) groups excluding carboxylic acids is 1. The lowest BCUT2D eigenvalue weighted by Crippen LogP contribution is -2.53. The number of benzene rings is 1. The van der Waals surface area contributed by atoms with Gasteiger partial charge >= 0.3 is 12.1 Å². The van der Waals surface area contributed by atoms with Crippen molar-refractivity contribution >= 4 is 32.8 Å². The van der Waals surface area contributed by atoms with E-state index in [1.165, 1.54) is 24.7 Å². The third kappa shape index (κ3) is 4.17. The van der Waals surface area contributed by atoms with Crippen molar-refractivity contribution in [3.05, 3.63) is 54.5 Å². The molecule has 3 rings (SSSR count). The molecule has 0 aliphatic carbocycles. The Morgan fingerprint density at radius 3 is 2.35 bits per heavy atom. The van der Waals surface area contributed by atoms with Gasteiger partial charge in [-0.3, -0.25) is 15.3 Å². The summed E-state index contributed by atoms with van der Waals surface area (Å²) in [4.78, 5) is 25.8. The van der Waals surface area contributed by atoms with Crippen molar-refractivity contribution in [2.45, 2.75) is 31.2 Å². The standard InChI is InChI=1S/C21H23N3O6S/c1-20(2,3)30-18(25)21(22,31(4,28)29)16-9-15(11-23-12-16)14-6-5-13-7-8-24(19(26)27)17(13)10-14/h5-12H,22H2,1-4H3,(H,26,27). The molecule has 0 fully saturated rings. The van der Waals surface area contributed by atoms with Crippen LogP contribution >= 0.6 is 0 Å². The minimum absolute atomic E-state index is 0.0598. The maximum absolute atomic E-state index is 12.8. The Hall–Kier alpha value is -3.24. The molecule has 0 amide bonds. The Bertz CT molecular complexity index is 1290. The largest absolute Gasteiger partial charge is 0.464 e. The van der Waals surface area contributed by atoms with Gasteiger partial charge in [0, 0.05) is 41.4 Å². The van der Waals surface area contributed by atoms with Crippen molar-refractivity contribution in [2.24, 2.45) is 5.73 Å². The van der Waals surface area contributed by atoms with Gasteiger partial charge in [0.2, 0.25) is 4.87 Å². The molecule has 0 saturated heterocycles. The normalized spacial score (nSPS) is 14.2. The molecule has 31 heavy (non-hydrogen) atoms. The molecule has 2 heterocycles. The van der Waals surface area contributed by atoms with E-state index in [0.717, 1.165) is 10.8 Å². The van der Waals surface area contributed by atoms with E-state index < -0.39 is 32.4 Å². The molecule has 10 heteroatoms. The zero-order valence-corrected chi connectivity index (χ0v) is 18.3. The smallest absolute Gasteiger partial charge is 0.415 e. The van der Waals surface area contributed by atoms with Crippen molar-refractivity contribution in [1.29, 1.82) is 0 Å². The van der Waals surface area contributed by atoms with Crippen molar-refractivity contribution in [1.82, 2.24) is 9.55 Å². The summed E-state index contributed by atoms with van der Waals surface area (Å²) in [5, 5.41) is 10.1. The second kappa shape index (κ2) is 7.47. The highest BCUT2D eigenvalue weighted by atomic mass is 32.2. The van der Waals surface area contributed by atoms with E-state index in [2.05, 4.69) is 4.98 Å². The predicted molar refractivity (Wildman–Crippen MR) is 115 cm³/mol. The van der Waals surface area contributed by atoms with E-state index in [1.807, 2.05) is 0 Å². The Labute approximate surface area is 179 Å². The third-order valence-corrected chi connectivity index (χ3v) is 6.26. The van der Waals surface area contributed by atoms with E-state index in [0.29, 0.717) is 22.0 Å².